The third kappa shape index (κ3) is 3.71. The second-order valence-corrected chi connectivity index (χ2v) is 6.59. The molecular formula is C18H26N2O4. The minimum absolute atomic E-state index is 0.177. The van der Waals surface area contributed by atoms with E-state index in [0.29, 0.717) is 52.4 Å². The molecule has 132 valence electrons. The van der Waals surface area contributed by atoms with E-state index >= 15 is 0 Å². The number of nitrogens with zero attached hydrogens (tertiary/aromatic N) is 2. The van der Waals surface area contributed by atoms with Crippen molar-refractivity contribution in [3.8, 4) is 5.75 Å². The Kier molecular flexibility index (Phi) is 5.38. The number of aliphatic hydroxyl groups is 1. The monoisotopic (exact) mass is 334 g/mol. The maximum atomic E-state index is 12.7. The van der Waals surface area contributed by atoms with Crippen LogP contribution < -0.4 is 4.74 Å². The predicted molar refractivity (Wildman–Crippen MR) is 89.9 cm³/mol. The quantitative estimate of drug-likeness (QED) is 0.866. The molecule has 0 saturated carbocycles. The van der Waals surface area contributed by atoms with Gasteiger partial charge in [0.05, 0.1) is 6.61 Å². The largest absolute Gasteiger partial charge is 0.492 e. The molecule has 0 spiro atoms. The molecule has 2 aliphatic rings. The van der Waals surface area contributed by atoms with Gasteiger partial charge < -0.3 is 19.5 Å². The highest BCUT2D eigenvalue weighted by Gasteiger charge is 2.43. The van der Waals surface area contributed by atoms with Crippen LogP contribution in [-0.4, -0.2) is 72.9 Å². The van der Waals surface area contributed by atoms with Crippen LogP contribution in [0.4, 0.5) is 0 Å². The molecule has 0 radical (unpaired) electrons. The Morgan fingerprint density at radius 2 is 2.17 bits per heavy atom. The number of rotatable bonds is 5. The number of carbonyl (C=O) groups is 1. The fourth-order valence-corrected chi connectivity index (χ4v) is 3.51. The molecule has 1 atom stereocenters. The summed E-state index contributed by atoms with van der Waals surface area (Å²) >= 11 is 0. The van der Waals surface area contributed by atoms with Crippen LogP contribution in [-0.2, 0) is 16.1 Å². The Labute approximate surface area is 143 Å². The molecule has 0 aromatic heterocycles. The van der Waals surface area contributed by atoms with Gasteiger partial charge in [-0.05, 0) is 18.9 Å². The molecule has 1 aromatic carbocycles. The lowest BCUT2D eigenvalue weighted by molar-refractivity contribution is -0.160. The van der Waals surface area contributed by atoms with Gasteiger partial charge >= 0.3 is 0 Å². The number of β-amino-alcohol motifs (C(OH)–C–C–N with tert-alkyl or cyclic N) is 1. The summed E-state index contributed by atoms with van der Waals surface area (Å²) in [6, 6.07) is 7.94. The van der Waals surface area contributed by atoms with Gasteiger partial charge in [0.15, 0.2) is 5.60 Å². The summed E-state index contributed by atoms with van der Waals surface area (Å²) in [5, 5.41) is 11.0. The first-order valence-corrected chi connectivity index (χ1v) is 8.56. The van der Waals surface area contributed by atoms with Crippen molar-refractivity contribution < 1.29 is 19.4 Å². The van der Waals surface area contributed by atoms with E-state index in [2.05, 4.69) is 4.90 Å². The zero-order chi connectivity index (χ0) is 17.0. The number of benzene rings is 1. The molecule has 1 aromatic rings. The summed E-state index contributed by atoms with van der Waals surface area (Å²) in [4.78, 5) is 16.6. The first-order valence-electron chi connectivity index (χ1n) is 8.56. The van der Waals surface area contributed by atoms with Crippen molar-refractivity contribution in [2.75, 3.05) is 46.5 Å². The fraction of sp³-hybridized carbons (Fsp3) is 0.611. The minimum atomic E-state index is -1.31. The topological polar surface area (TPSA) is 62.2 Å². The van der Waals surface area contributed by atoms with Gasteiger partial charge in [-0.2, -0.15) is 0 Å². The van der Waals surface area contributed by atoms with E-state index in [4.69, 9.17) is 9.47 Å². The average Bonchev–Trinajstić information content (AvgIpc) is 2.78. The Bertz CT molecular complexity index is 580. The van der Waals surface area contributed by atoms with Gasteiger partial charge in [-0.15, -0.1) is 0 Å². The Balaban J connectivity index is 1.68. The second-order valence-electron chi connectivity index (χ2n) is 6.59. The fourth-order valence-electron chi connectivity index (χ4n) is 3.51. The molecule has 1 N–H and O–H groups in total. The molecule has 0 aliphatic carbocycles. The van der Waals surface area contributed by atoms with Crippen LogP contribution >= 0.6 is 0 Å². The SMILES string of the molecule is COCCN1CCCC(O)(CN2CCOc3ccccc3C2)C1=O. The first kappa shape index (κ1) is 17.2. The van der Waals surface area contributed by atoms with Gasteiger partial charge in [0.1, 0.15) is 12.4 Å². The van der Waals surface area contributed by atoms with Gasteiger partial charge in [-0.1, -0.05) is 18.2 Å². The molecule has 0 bridgehead atoms. The minimum Gasteiger partial charge on any atom is -0.492 e. The first-order chi connectivity index (χ1) is 11.6. The third-order valence-corrected chi connectivity index (χ3v) is 4.79. The number of piperidine rings is 1. The Morgan fingerprint density at radius 1 is 1.33 bits per heavy atom. The molecule has 2 heterocycles. The normalized spacial score (nSPS) is 25.1. The van der Waals surface area contributed by atoms with E-state index in [-0.39, 0.29) is 5.91 Å². The van der Waals surface area contributed by atoms with Gasteiger partial charge in [0.2, 0.25) is 0 Å². The molecule has 1 fully saturated rings. The molecule has 2 aliphatic heterocycles. The van der Waals surface area contributed by atoms with E-state index in [0.717, 1.165) is 17.7 Å². The van der Waals surface area contributed by atoms with Crippen LogP contribution in [0, 0.1) is 0 Å². The summed E-state index contributed by atoms with van der Waals surface area (Å²) in [6.45, 7) is 4.00. The number of ether oxygens (including phenoxy) is 2. The summed E-state index contributed by atoms with van der Waals surface area (Å²) in [5.41, 5.74) is -0.219. The highest BCUT2D eigenvalue weighted by molar-refractivity contribution is 5.86. The predicted octanol–water partition coefficient (Wildman–Crippen LogP) is 0.881. The molecule has 1 unspecified atom stereocenters. The average molecular weight is 334 g/mol. The van der Waals surface area contributed by atoms with Crippen LogP contribution in [0.15, 0.2) is 24.3 Å². The number of fused-ring (bicyclic) bond motifs is 1. The van der Waals surface area contributed by atoms with Crippen molar-refractivity contribution in [3.63, 3.8) is 0 Å². The molecule has 24 heavy (non-hydrogen) atoms. The number of carbonyl (C=O) groups excluding carboxylic acids is 1. The van der Waals surface area contributed by atoms with E-state index in [9.17, 15) is 9.90 Å². The summed E-state index contributed by atoms with van der Waals surface area (Å²) in [7, 11) is 1.62. The van der Waals surface area contributed by atoms with Gasteiger partial charge in [-0.25, -0.2) is 0 Å². The molecule has 1 saturated heterocycles. The van der Waals surface area contributed by atoms with Gasteiger partial charge in [0.25, 0.3) is 5.91 Å². The van der Waals surface area contributed by atoms with Crippen LogP contribution in [0.3, 0.4) is 0 Å². The molecule has 1 amide bonds. The smallest absolute Gasteiger partial charge is 0.255 e. The Morgan fingerprint density at radius 3 is 3.00 bits per heavy atom. The summed E-state index contributed by atoms with van der Waals surface area (Å²) in [6.07, 6.45) is 1.32. The zero-order valence-corrected chi connectivity index (χ0v) is 14.2. The van der Waals surface area contributed by atoms with Crippen molar-refractivity contribution in [3.05, 3.63) is 29.8 Å². The van der Waals surface area contributed by atoms with Crippen molar-refractivity contribution in [1.29, 1.82) is 0 Å². The van der Waals surface area contributed by atoms with Crippen LogP contribution in [0.25, 0.3) is 0 Å². The van der Waals surface area contributed by atoms with E-state index < -0.39 is 5.60 Å². The molecule has 3 rings (SSSR count). The number of likely N-dealkylation sites (tertiary alicyclic amines) is 1. The van der Waals surface area contributed by atoms with E-state index in [1.165, 1.54) is 0 Å². The summed E-state index contributed by atoms with van der Waals surface area (Å²) in [5.74, 6) is 0.716. The number of hydrogen-bond acceptors (Lipinski definition) is 5. The number of para-hydroxylation sites is 1. The van der Waals surface area contributed by atoms with Crippen LogP contribution in [0.2, 0.25) is 0 Å². The Hall–Kier alpha value is -1.63. The second kappa shape index (κ2) is 7.51. The van der Waals surface area contributed by atoms with E-state index in [1.807, 2.05) is 24.3 Å². The maximum absolute atomic E-state index is 12.7. The van der Waals surface area contributed by atoms with Gasteiger partial charge in [0, 0.05) is 45.4 Å². The third-order valence-electron chi connectivity index (χ3n) is 4.79. The molecule has 6 heteroatoms. The van der Waals surface area contributed by atoms with E-state index in [1.54, 1.807) is 12.0 Å². The zero-order valence-electron chi connectivity index (χ0n) is 14.2. The molecule has 6 nitrogen and oxygen atoms in total. The standard InChI is InChI=1S/C18H26N2O4/c1-23-11-10-20-8-4-7-18(22,17(20)21)14-19-9-12-24-16-6-3-2-5-15(16)13-19/h2-3,5-6,22H,4,7-14H2,1H3. The highest BCUT2D eigenvalue weighted by Crippen LogP contribution is 2.27. The lowest BCUT2D eigenvalue weighted by Crippen LogP contribution is -2.59. The number of hydrogen-bond donors (Lipinski definition) is 1. The lowest BCUT2D eigenvalue weighted by Gasteiger charge is -2.40. The summed E-state index contributed by atoms with van der Waals surface area (Å²) < 4.78 is 10.8. The highest BCUT2D eigenvalue weighted by atomic mass is 16.5. The van der Waals surface area contributed by atoms with Crippen molar-refractivity contribution in [2.45, 2.75) is 25.0 Å². The van der Waals surface area contributed by atoms with Crippen LogP contribution in [0.1, 0.15) is 18.4 Å². The van der Waals surface area contributed by atoms with Crippen molar-refractivity contribution >= 4 is 5.91 Å². The van der Waals surface area contributed by atoms with Crippen molar-refractivity contribution in [2.24, 2.45) is 0 Å². The van der Waals surface area contributed by atoms with Crippen molar-refractivity contribution in [1.82, 2.24) is 9.80 Å². The number of methoxy groups -OCH3 is 1. The van der Waals surface area contributed by atoms with Crippen LogP contribution in [0.5, 0.6) is 5.75 Å². The number of amides is 1. The molecular weight excluding hydrogens is 308 g/mol. The lowest BCUT2D eigenvalue weighted by atomic mass is 9.91. The van der Waals surface area contributed by atoms with Gasteiger partial charge in [-0.3, -0.25) is 9.69 Å². The maximum Gasteiger partial charge on any atom is 0.255 e.